The lowest BCUT2D eigenvalue weighted by molar-refractivity contribution is 0.0707. The zero-order chi connectivity index (χ0) is 15.7. The molecule has 1 fully saturated rings. The van der Waals surface area contributed by atoms with E-state index in [1.165, 1.54) is 16.8 Å². The molecule has 0 radical (unpaired) electrons. The fraction of sp³-hybridized carbons (Fsp3) is 0.438. The summed E-state index contributed by atoms with van der Waals surface area (Å²) in [6, 6.07) is 6.24. The normalized spacial score (nSPS) is 16.8. The molecule has 2 aromatic rings. The number of hydrogen-bond acceptors (Lipinski definition) is 4. The number of rotatable bonds is 3. The first-order valence-electron chi connectivity index (χ1n) is 7.49. The average Bonchev–Trinajstić information content (AvgIpc) is 3.05. The topological polar surface area (TPSA) is 73.8 Å². The van der Waals surface area contributed by atoms with Crippen molar-refractivity contribution in [3.8, 4) is 0 Å². The van der Waals surface area contributed by atoms with Crippen LogP contribution in [-0.2, 0) is 6.42 Å². The van der Waals surface area contributed by atoms with E-state index in [1.807, 2.05) is 6.92 Å². The van der Waals surface area contributed by atoms with Gasteiger partial charge in [0.1, 0.15) is 11.6 Å². The molecule has 1 saturated carbocycles. The molecule has 0 spiro atoms. The summed E-state index contributed by atoms with van der Waals surface area (Å²) in [4.78, 5) is 16.9. The molecular formula is C16H19FN4O. The minimum atomic E-state index is -0.406. The molecule has 3 rings (SSSR count). The first kappa shape index (κ1) is 14.7. The summed E-state index contributed by atoms with van der Waals surface area (Å²) in [6.07, 6.45) is 4.12. The van der Waals surface area contributed by atoms with Gasteiger partial charge in [0, 0.05) is 11.8 Å². The van der Waals surface area contributed by atoms with Crippen molar-refractivity contribution in [3.05, 3.63) is 41.5 Å². The second kappa shape index (κ2) is 5.51. The van der Waals surface area contributed by atoms with Crippen LogP contribution in [0.4, 0.5) is 10.3 Å². The van der Waals surface area contributed by atoms with E-state index in [4.69, 9.17) is 5.73 Å². The van der Waals surface area contributed by atoms with Crippen LogP contribution in [0.25, 0.3) is 0 Å². The van der Waals surface area contributed by atoms with E-state index in [9.17, 15) is 9.18 Å². The van der Waals surface area contributed by atoms with Gasteiger partial charge in [-0.15, -0.1) is 5.10 Å². The fourth-order valence-electron chi connectivity index (χ4n) is 3.09. The first-order chi connectivity index (χ1) is 10.5. The molecule has 2 N–H and O–H groups in total. The van der Waals surface area contributed by atoms with Crippen molar-refractivity contribution < 1.29 is 9.18 Å². The van der Waals surface area contributed by atoms with Crippen LogP contribution in [-0.4, -0.2) is 20.7 Å². The number of nitrogens with two attached hydrogens (primary N) is 1. The smallest absolute Gasteiger partial charge is 0.254 e. The second-order valence-corrected chi connectivity index (χ2v) is 6.18. The van der Waals surface area contributed by atoms with Crippen LogP contribution >= 0.6 is 0 Å². The van der Waals surface area contributed by atoms with Crippen LogP contribution in [0, 0.1) is 11.2 Å². The molecule has 0 aliphatic heterocycles. The van der Waals surface area contributed by atoms with E-state index >= 15 is 0 Å². The molecule has 5 nitrogen and oxygen atoms in total. The van der Waals surface area contributed by atoms with Crippen LogP contribution in [0.1, 0.15) is 48.8 Å². The molecule has 1 aromatic heterocycles. The van der Waals surface area contributed by atoms with E-state index in [2.05, 4.69) is 10.1 Å². The lowest BCUT2D eigenvalue weighted by Gasteiger charge is -2.21. The molecule has 6 heteroatoms. The Labute approximate surface area is 128 Å². The standard InChI is InChI=1S/C16H19FN4O/c1-16(7-2-3-8-16)14(22)21-13(19-15(18)20-21)10-11-5-4-6-12(17)9-11/h4-6,9H,2-3,7-8,10H2,1H3,(H2,18,20). The first-order valence-corrected chi connectivity index (χ1v) is 7.49. The number of hydrogen-bond donors (Lipinski definition) is 1. The van der Waals surface area contributed by atoms with Gasteiger partial charge in [-0.1, -0.05) is 31.9 Å². The molecule has 22 heavy (non-hydrogen) atoms. The van der Waals surface area contributed by atoms with E-state index in [1.54, 1.807) is 12.1 Å². The predicted molar refractivity (Wildman–Crippen MR) is 80.8 cm³/mol. The van der Waals surface area contributed by atoms with Gasteiger partial charge >= 0.3 is 0 Å². The Morgan fingerprint density at radius 2 is 2.14 bits per heavy atom. The van der Waals surface area contributed by atoms with Crippen LogP contribution in [0.3, 0.4) is 0 Å². The number of aromatic nitrogens is 3. The molecule has 0 bridgehead atoms. The second-order valence-electron chi connectivity index (χ2n) is 6.18. The van der Waals surface area contributed by atoms with Crippen LogP contribution in [0.5, 0.6) is 0 Å². The Morgan fingerprint density at radius 1 is 1.41 bits per heavy atom. The molecule has 0 atom stereocenters. The lowest BCUT2D eigenvalue weighted by atomic mass is 9.88. The summed E-state index contributed by atoms with van der Waals surface area (Å²) in [5.41, 5.74) is 6.00. The number of carbonyl (C=O) groups is 1. The molecular weight excluding hydrogens is 283 g/mol. The Balaban J connectivity index is 1.91. The minimum Gasteiger partial charge on any atom is -0.366 e. The largest absolute Gasteiger partial charge is 0.366 e. The molecule has 1 heterocycles. The van der Waals surface area contributed by atoms with Crippen LogP contribution in [0.2, 0.25) is 0 Å². The van der Waals surface area contributed by atoms with E-state index in [0.717, 1.165) is 31.2 Å². The van der Waals surface area contributed by atoms with Gasteiger partial charge in [-0.3, -0.25) is 4.79 Å². The Morgan fingerprint density at radius 3 is 2.82 bits per heavy atom. The predicted octanol–water partition coefficient (Wildman–Crippen LogP) is 2.81. The molecule has 0 saturated heterocycles. The summed E-state index contributed by atoms with van der Waals surface area (Å²) in [6.45, 7) is 1.96. The number of carbonyl (C=O) groups excluding carboxylic acids is 1. The van der Waals surface area contributed by atoms with Gasteiger partial charge in [0.25, 0.3) is 5.91 Å². The molecule has 1 aliphatic carbocycles. The Kier molecular flexibility index (Phi) is 3.68. The fourth-order valence-corrected chi connectivity index (χ4v) is 3.09. The Hall–Kier alpha value is -2.24. The Bertz CT molecular complexity index is 704. The van der Waals surface area contributed by atoms with Crippen molar-refractivity contribution in [1.29, 1.82) is 0 Å². The summed E-state index contributed by atoms with van der Waals surface area (Å²) in [5, 5.41) is 4.06. The highest BCUT2D eigenvalue weighted by molar-refractivity contribution is 5.84. The van der Waals surface area contributed by atoms with Crippen molar-refractivity contribution in [1.82, 2.24) is 14.8 Å². The molecule has 0 amide bonds. The van der Waals surface area contributed by atoms with Crippen LogP contribution in [0.15, 0.2) is 24.3 Å². The van der Waals surface area contributed by atoms with Gasteiger partial charge < -0.3 is 5.73 Å². The molecule has 1 aromatic carbocycles. The molecule has 1 aliphatic rings. The van der Waals surface area contributed by atoms with Crippen molar-refractivity contribution >= 4 is 11.9 Å². The number of halogens is 1. The third-order valence-electron chi connectivity index (χ3n) is 4.36. The minimum absolute atomic E-state index is 0.0689. The van der Waals surface area contributed by atoms with E-state index in [0.29, 0.717) is 12.2 Å². The summed E-state index contributed by atoms with van der Waals surface area (Å²) >= 11 is 0. The lowest BCUT2D eigenvalue weighted by Crippen LogP contribution is -2.32. The van der Waals surface area contributed by atoms with Crippen molar-refractivity contribution in [2.24, 2.45) is 5.41 Å². The number of benzene rings is 1. The molecule has 116 valence electrons. The molecule has 0 unspecified atom stereocenters. The van der Waals surface area contributed by atoms with Gasteiger partial charge in [0.05, 0.1) is 0 Å². The van der Waals surface area contributed by atoms with E-state index < -0.39 is 5.41 Å². The highest BCUT2D eigenvalue weighted by Crippen LogP contribution is 2.39. The summed E-state index contributed by atoms with van der Waals surface area (Å²) < 4.78 is 14.6. The van der Waals surface area contributed by atoms with Gasteiger partial charge in [-0.25, -0.2) is 4.39 Å². The van der Waals surface area contributed by atoms with E-state index in [-0.39, 0.29) is 17.7 Å². The number of nitrogens with zero attached hydrogens (tertiary/aromatic N) is 3. The van der Waals surface area contributed by atoms with Crippen molar-refractivity contribution in [2.75, 3.05) is 5.73 Å². The zero-order valence-corrected chi connectivity index (χ0v) is 12.6. The monoisotopic (exact) mass is 302 g/mol. The maximum Gasteiger partial charge on any atom is 0.254 e. The zero-order valence-electron chi connectivity index (χ0n) is 12.6. The maximum atomic E-state index is 13.3. The number of anilines is 1. The summed E-state index contributed by atoms with van der Waals surface area (Å²) in [5.74, 6) is 0.147. The third-order valence-corrected chi connectivity index (χ3v) is 4.36. The summed E-state index contributed by atoms with van der Waals surface area (Å²) in [7, 11) is 0. The van der Waals surface area contributed by atoms with Crippen molar-refractivity contribution in [3.63, 3.8) is 0 Å². The average molecular weight is 302 g/mol. The third kappa shape index (κ3) is 2.73. The maximum absolute atomic E-state index is 13.3. The SMILES string of the molecule is CC1(C(=O)n2nc(N)nc2Cc2cccc(F)c2)CCCC1. The van der Waals surface area contributed by atoms with Gasteiger partial charge in [-0.05, 0) is 30.5 Å². The van der Waals surface area contributed by atoms with Gasteiger partial charge in [0.2, 0.25) is 5.95 Å². The highest BCUT2D eigenvalue weighted by atomic mass is 19.1. The van der Waals surface area contributed by atoms with Gasteiger partial charge in [-0.2, -0.15) is 9.67 Å². The number of nitrogen functional groups attached to an aromatic ring is 1. The quantitative estimate of drug-likeness (QED) is 0.946. The van der Waals surface area contributed by atoms with Gasteiger partial charge in [0.15, 0.2) is 0 Å². The highest BCUT2D eigenvalue weighted by Gasteiger charge is 2.38. The van der Waals surface area contributed by atoms with Crippen LogP contribution < -0.4 is 5.73 Å². The van der Waals surface area contributed by atoms with Crippen molar-refractivity contribution in [2.45, 2.75) is 39.0 Å².